The van der Waals surface area contributed by atoms with E-state index in [-0.39, 0.29) is 23.7 Å². The Morgan fingerprint density at radius 2 is 1.78 bits per heavy atom. The number of nitro groups is 1. The van der Waals surface area contributed by atoms with Crippen LogP contribution in [0.4, 0.5) is 17.2 Å². The van der Waals surface area contributed by atoms with E-state index in [1.165, 1.54) is 16.4 Å². The Morgan fingerprint density at radius 3 is 2.34 bits per heavy atom. The number of rotatable bonds is 8. The number of nitrogens with two attached hydrogens (primary N) is 1. The second-order valence-electron chi connectivity index (χ2n) is 7.21. The molecule has 0 spiro atoms. The van der Waals surface area contributed by atoms with E-state index in [9.17, 15) is 23.3 Å². The van der Waals surface area contributed by atoms with Crippen molar-refractivity contribution in [2.45, 2.75) is 18.7 Å². The smallest absolute Gasteiger partial charge is 0.293 e. The van der Waals surface area contributed by atoms with Gasteiger partial charge in [-0.2, -0.15) is 4.31 Å². The van der Waals surface area contributed by atoms with Gasteiger partial charge in [0.25, 0.3) is 11.6 Å². The van der Waals surface area contributed by atoms with E-state index in [1.807, 2.05) is 9.80 Å². The maximum absolute atomic E-state index is 12.8. The summed E-state index contributed by atoms with van der Waals surface area (Å²) in [5.41, 5.74) is 5.85. The number of pyridine rings is 1. The van der Waals surface area contributed by atoms with Gasteiger partial charge in [0, 0.05) is 51.5 Å². The molecule has 1 saturated heterocycles. The molecule has 1 amide bonds. The molecular weight excluding hydrogens is 436 g/mol. The number of hydrogen-bond acceptors (Lipinski definition) is 8. The molecular formula is C20H26N6O5S. The molecule has 0 unspecified atom stereocenters. The summed E-state index contributed by atoms with van der Waals surface area (Å²) in [7, 11) is -3.81. The highest BCUT2D eigenvalue weighted by atomic mass is 32.2. The molecule has 0 saturated carbocycles. The zero-order chi connectivity index (χ0) is 23.5. The fourth-order valence-electron chi connectivity index (χ4n) is 3.79. The molecule has 1 aromatic heterocycles. The molecule has 2 heterocycles. The Labute approximate surface area is 186 Å². The van der Waals surface area contributed by atoms with Gasteiger partial charge in [-0.15, -0.1) is 0 Å². The van der Waals surface area contributed by atoms with Crippen LogP contribution in [0.5, 0.6) is 0 Å². The van der Waals surface area contributed by atoms with Gasteiger partial charge in [-0.1, -0.05) is 13.8 Å². The second-order valence-corrected chi connectivity index (χ2v) is 9.15. The number of benzene rings is 1. The zero-order valence-electron chi connectivity index (χ0n) is 18.0. The predicted octanol–water partition coefficient (Wildman–Crippen LogP) is 1.45. The van der Waals surface area contributed by atoms with Crippen LogP contribution in [-0.2, 0) is 10.0 Å². The van der Waals surface area contributed by atoms with Crippen LogP contribution in [0.1, 0.15) is 24.2 Å². The van der Waals surface area contributed by atoms with Crippen molar-refractivity contribution in [2.75, 3.05) is 49.1 Å². The normalized spacial score (nSPS) is 14.6. The van der Waals surface area contributed by atoms with Crippen molar-refractivity contribution < 1.29 is 18.1 Å². The fraction of sp³-hybridized carbons (Fsp3) is 0.400. The van der Waals surface area contributed by atoms with Crippen molar-refractivity contribution in [3.63, 3.8) is 0 Å². The van der Waals surface area contributed by atoms with Crippen molar-refractivity contribution in [1.82, 2.24) is 9.29 Å². The number of nitro benzene ring substituents is 1. The molecule has 2 N–H and O–H groups in total. The van der Waals surface area contributed by atoms with Crippen LogP contribution in [-0.4, -0.2) is 67.8 Å². The van der Waals surface area contributed by atoms with Gasteiger partial charge in [0.15, 0.2) is 0 Å². The van der Waals surface area contributed by atoms with E-state index < -0.39 is 20.9 Å². The second kappa shape index (κ2) is 9.49. The molecule has 2 aromatic rings. The molecule has 0 radical (unpaired) electrons. The first-order valence-electron chi connectivity index (χ1n) is 10.2. The Kier molecular flexibility index (Phi) is 6.94. The third kappa shape index (κ3) is 4.50. The summed E-state index contributed by atoms with van der Waals surface area (Å²) in [4.78, 5) is 30.8. The summed E-state index contributed by atoms with van der Waals surface area (Å²) >= 11 is 0. The number of carbonyl (C=O) groups excluding carboxylic acids is 1. The van der Waals surface area contributed by atoms with E-state index in [4.69, 9.17) is 5.73 Å². The van der Waals surface area contributed by atoms with Crippen LogP contribution in [0.15, 0.2) is 41.4 Å². The first-order valence-corrected chi connectivity index (χ1v) is 11.7. The minimum atomic E-state index is -3.81. The molecule has 32 heavy (non-hydrogen) atoms. The number of carbonyl (C=O) groups is 1. The van der Waals surface area contributed by atoms with Gasteiger partial charge in [0.05, 0.1) is 15.4 Å². The number of amides is 1. The monoisotopic (exact) mass is 462 g/mol. The minimum Gasteiger partial charge on any atom is -0.365 e. The molecule has 11 nitrogen and oxygen atoms in total. The number of nitrogens with zero attached hydrogens (tertiary/aromatic N) is 5. The Bertz CT molecular complexity index is 1110. The largest absolute Gasteiger partial charge is 0.365 e. The van der Waals surface area contributed by atoms with Gasteiger partial charge in [0.1, 0.15) is 11.5 Å². The quantitative estimate of drug-likeness (QED) is 0.459. The van der Waals surface area contributed by atoms with Gasteiger partial charge in [-0.3, -0.25) is 14.9 Å². The van der Waals surface area contributed by atoms with Crippen molar-refractivity contribution in [2.24, 2.45) is 5.73 Å². The van der Waals surface area contributed by atoms with E-state index in [1.54, 1.807) is 32.2 Å². The highest BCUT2D eigenvalue weighted by molar-refractivity contribution is 7.89. The summed E-state index contributed by atoms with van der Waals surface area (Å²) in [6, 6.07) is 7.26. The van der Waals surface area contributed by atoms with Gasteiger partial charge in [-0.25, -0.2) is 13.4 Å². The molecule has 1 aromatic carbocycles. The maximum atomic E-state index is 12.8. The number of sulfonamides is 1. The average Bonchev–Trinajstić information content (AvgIpc) is 2.79. The molecule has 12 heteroatoms. The highest BCUT2D eigenvalue weighted by Gasteiger charge is 2.29. The standard InChI is InChI=1S/C20H26N6O5S/c1-3-25(4-2)32(30,31)15-7-8-17(18(14-15)26(28)29)23-10-12-24(13-11-23)20-16(19(21)27)6-5-9-22-20/h5-9,14H,3-4,10-13H2,1-2H3,(H2,21,27). The lowest BCUT2D eigenvalue weighted by Crippen LogP contribution is -2.47. The van der Waals surface area contributed by atoms with Crippen LogP contribution in [0.3, 0.4) is 0 Å². The summed E-state index contributed by atoms with van der Waals surface area (Å²) in [5, 5.41) is 11.8. The number of primary amides is 1. The maximum Gasteiger partial charge on any atom is 0.293 e. The Balaban J connectivity index is 1.86. The summed E-state index contributed by atoms with van der Waals surface area (Å²) in [6.07, 6.45) is 1.58. The SMILES string of the molecule is CCN(CC)S(=O)(=O)c1ccc(N2CCN(c3ncccc3C(N)=O)CC2)c([N+](=O)[O-])c1. The van der Waals surface area contributed by atoms with Crippen LogP contribution in [0, 0.1) is 10.1 Å². The van der Waals surface area contributed by atoms with Crippen LogP contribution in [0.25, 0.3) is 0 Å². The molecule has 172 valence electrons. The van der Waals surface area contributed by atoms with Crippen LogP contribution in [0.2, 0.25) is 0 Å². The Morgan fingerprint density at radius 1 is 1.16 bits per heavy atom. The highest BCUT2D eigenvalue weighted by Crippen LogP contribution is 2.33. The molecule has 0 atom stereocenters. The lowest BCUT2D eigenvalue weighted by molar-refractivity contribution is -0.384. The predicted molar refractivity (Wildman–Crippen MR) is 120 cm³/mol. The topological polar surface area (TPSA) is 143 Å². The first kappa shape index (κ1) is 23.4. The molecule has 3 rings (SSSR count). The van der Waals surface area contributed by atoms with Crippen molar-refractivity contribution in [1.29, 1.82) is 0 Å². The lowest BCUT2D eigenvalue weighted by atomic mass is 10.2. The summed E-state index contributed by atoms with van der Waals surface area (Å²) in [5.74, 6) is -0.0917. The summed E-state index contributed by atoms with van der Waals surface area (Å²) < 4.78 is 26.8. The van der Waals surface area contributed by atoms with Crippen molar-refractivity contribution in [3.8, 4) is 0 Å². The van der Waals surface area contributed by atoms with Gasteiger partial charge in [0.2, 0.25) is 10.0 Å². The van der Waals surface area contributed by atoms with Crippen LogP contribution >= 0.6 is 0 Å². The number of piperazine rings is 1. The number of aromatic nitrogens is 1. The number of anilines is 2. The molecule has 0 bridgehead atoms. The van der Waals surface area contributed by atoms with E-state index >= 15 is 0 Å². The summed E-state index contributed by atoms with van der Waals surface area (Å²) in [6.45, 7) is 5.77. The molecule has 1 aliphatic rings. The average molecular weight is 463 g/mol. The Hall–Kier alpha value is -3.25. The lowest BCUT2D eigenvalue weighted by Gasteiger charge is -2.37. The molecule has 1 aliphatic heterocycles. The van der Waals surface area contributed by atoms with E-state index in [0.717, 1.165) is 6.07 Å². The van der Waals surface area contributed by atoms with Crippen LogP contribution < -0.4 is 15.5 Å². The van der Waals surface area contributed by atoms with E-state index in [0.29, 0.717) is 43.2 Å². The molecule has 0 aliphatic carbocycles. The van der Waals surface area contributed by atoms with E-state index in [2.05, 4.69) is 4.98 Å². The fourth-order valence-corrected chi connectivity index (χ4v) is 5.27. The minimum absolute atomic E-state index is 0.102. The third-order valence-corrected chi connectivity index (χ3v) is 7.50. The zero-order valence-corrected chi connectivity index (χ0v) is 18.8. The van der Waals surface area contributed by atoms with Crippen molar-refractivity contribution >= 4 is 33.1 Å². The van der Waals surface area contributed by atoms with Gasteiger partial charge >= 0.3 is 0 Å². The van der Waals surface area contributed by atoms with Gasteiger partial charge < -0.3 is 15.5 Å². The third-order valence-electron chi connectivity index (χ3n) is 5.46. The van der Waals surface area contributed by atoms with Crippen molar-refractivity contribution in [3.05, 3.63) is 52.2 Å². The van der Waals surface area contributed by atoms with Gasteiger partial charge in [-0.05, 0) is 24.3 Å². The number of hydrogen-bond donors (Lipinski definition) is 1. The first-order chi connectivity index (χ1) is 15.2. The molecule has 1 fully saturated rings.